The van der Waals surface area contributed by atoms with E-state index in [4.69, 9.17) is 0 Å². The molecule has 3 rings (SSSR count). The van der Waals surface area contributed by atoms with Crippen LogP contribution in [0.1, 0.15) is 38.5 Å². The number of nitrogens with one attached hydrogen (secondary N) is 1. The van der Waals surface area contributed by atoms with Crippen molar-refractivity contribution in [2.45, 2.75) is 43.3 Å². The van der Waals surface area contributed by atoms with Gasteiger partial charge in [0.15, 0.2) is 9.84 Å². The molecule has 0 unspecified atom stereocenters. The molecule has 1 saturated carbocycles. The third-order valence-electron chi connectivity index (χ3n) is 5.72. The minimum absolute atomic E-state index is 0.206. The van der Waals surface area contributed by atoms with E-state index in [1.807, 2.05) is 4.90 Å². The van der Waals surface area contributed by atoms with Crippen molar-refractivity contribution in [2.24, 2.45) is 0 Å². The van der Waals surface area contributed by atoms with Crippen LogP contribution in [0.2, 0.25) is 0 Å². The van der Waals surface area contributed by atoms with Crippen LogP contribution in [-0.2, 0) is 14.6 Å². The van der Waals surface area contributed by atoms with E-state index < -0.39 is 14.6 Å². The summed E-state index contributed by atoms with van der Waals surface area (Å²) in [5.41, 5.74) is 0. The summed E-state index contributed by atoms with van der Waals surface area (Å²) in [5, 5.41) is 3.25. The zero-order valence-electron chi connectivity index (χ0n) is 13.9. The molecule has 23 heavy (non-hydrogen) atoms. The Balaban J connectivity index is 1.55. The number of nitrogens with zero attached hydrogens (tertiary/aromatic N) is 2. The van der Waals surface area contributed by atoms with Crippen LogP contribution in [0.15, 0.2) is 0 Å². The van der Waals surface area contributed by atoms with Crippen molar-refractivity contribution in [3.63, 3.8) is 0 Å². The van der Waals surface area contributed by atoms with Crippen LogP contribution in [0.3, 0.4) is 0 Å². The third kappa shape index (κ3) is 3.72. The molecule has 1 spiro atoms. The Morgan fingerprint density at radius 2 is 1.74 bits per heavy atom. The first-order valence-corrected chi connectivity index (χ1v) is 10.6. The Morgan fingerprint density at radius 3 is 2.43 bits per heavy atom. The van der Waals surface area contributed by atoms with E-state index in [0.717, 1.165) is 58.3 Å². The maximum absolute atomic E-state index is 12.6. The molecule has 132 valence electrons. The molecule has 3 fully saturated rings. The molecule has 0 aromatic heterocycles. The Bertz CT molecular complexity index is 523. The minimum atomic E-state index is -2.98. The quantitative estimate of drug-likeness (QED) is 0.795. The van der Waals surface area contributed by atoms with Crippen molar-refractivity contribution >= 4 is 15.7 Å². The maximum Gasteiger partial charge on any atom is 0.223 e. The molecule has 0 bridgehead atoms. The molecule has 0 radical (unpaired) electrons. The number of piperazine rings is 1. The SMILES string of the molecule is O=C(CCN1CCS(=O)(=O)C2(CCCCC2)C1)N1CCNCC1. The largest absolute Gasteiger partial charge is 0.340 e. The highest BCUT2D eigenvalue weighted by atomic mass is 32.2. The number of sulfone groups is 1. The van der Waals surface area contributed by atoms with Crippen molar-refractivity contribution < 1.29 is 13.2 Å². The van der Waals surface area contributed by atoms with Crippen LogP contribution < -0.4 is 5.32 Å². The van der Waals surface area contributed by atoms with E-state index in [9.17, 15) is 13.2 Å². The first kappa shape index (κ1) is 17.2. The molecule has 1 amide bonds. The van der Waals surface area contributed by atoms with Crippen molar-refractivity contribution in [1.82, 2.24) is 15.1 Å². The molecule has 0 atom stereocenters. The predicted octanol–water partition coefficient (Wildman–Crippen LogP) is 0.242. The lowest BCUT2D eigenvalue weighted by Gasteiger charge is -2.44. The van der Waals surface area contributed by atoms with E-state index in [0.29, 0.717) is 26.1 Å². The lowest BCUT2D eigenvalue weighted by atomic mass is 9.87. The van der Waals surface area contributed by atoms with Gasteiger partial charge in [0.25, 0.3) is 0 Å². The van der Waals surface area contributed by atoms with Gasteiger partial charge in [-0.05, 0) is 12.8 Å². The molecule has 1 N–H and O–H groups in total. The fourth-order valence-corrected chi connectivity index (χ4v) is 6.45. The van der Waals surface area contributed by atoms with Crippen LogP contribution >= 0.6 is 0 Å². The van der Waals surface area contributed by atoms with Gasteiger partial charge in [0.1, 0.15) is 0 Å². The van der Waals surface area contributed by atoms with E-state index in [-0.39, 0.29) is 11.7 Å². The van der Waals surface area contributed by atoms with Gasteiger partial charge in [-0.1, -0.05) is 19.3 Å². The third-order valence-corrected chi connectivity index (χ3v) is 8.30. The first-order valence-electron chi connectivity index (χ1n) is 8.96. The van der Waals surface area contributed by atoms with E-state index in [1.54, 1.807) is 0 Å². The number of amides is 1. The molecule has 7 heteroatoms. The molecular formula is C16H29N3O3S. The number of carbonyl (C=O) groups excluding carboxylic acids is 1. The Morgan fingerprint density at radius 1 is 1.04 bits per heavy atom. The van der Waals surface area contributed by atoms with Crippen LogP contribution in [-0.4, -0.2) is 80.4 Å². The fraction of sp³-hybridized carbons (Fsp3) is 0.938. The Kier molecular flexibility index (Phi) is 5.28. The van der Waals surface area contributed by atoms with Crippen LogP contribution in [0, 0.1) is 0 Å². The highest BCUT2D eigenvalue weighted by molar-refractivity contribution is 7.92. The van der Waals surface area contributed by atoms with Crippen LogP contribution in [0.4, 0.5) is 0 Å². The minimum Gasteiger partial charge on any atom is -0.340 e. The zero-order chi connectivity index (χ0) is 16.3. The molecule has 3 aliphatic rings. The summed E-state index contributed by atoms with van der Waals surface area (Å²) >= 11 is 0. The van der Waals surface area contributed by atoms with E-state index in [2.05, 4.69) is 10.2 Å². The van der Waals surface area contributed by atoms with E-state index in [1.165, 1.54) is 0 Å². The van der Waals surface area contributed by atoms with Crippen molar-refractivity contribution in [3.05, 3.63) is 0 Å². The van der Waals surface area contributed by atoms with Gasteiger partial charge in [-0.15, -0.1) is 0 Å². The molecule has 0 aromatic carbocycles. The summed E-state index contributed by atoms with van der Waals surface area (Å²) in [6, 6.07) is 0. The van der Waals surface area contributed by atoms with Crippen molar-refractivity contribution in [1.29, 1.82) is 0 Å². The Labute approximate surface area is 139 Å². The van der Waals surface area contributed by atoms with E-state index >= 15 is 0 Å². The summed E-state index contributed by atoms with van der Waals surface area (Å²) in [4.78, 5) is 16.4. The second-order valence-electron chi connectivity index (χ2n) is 7.22. The topological polar surface area (TPSA) is 69.7 Å². The normalized spacial score (nSPS) is 27.9. The average molecular weight is 343 g/mol. The van der Waals surface area contributed by atoms with Gasteiger partial charge in [-0.3, -0.25) is 4.79 Å². The second-order valence-corrected chi connectivity index (χ2v) is 9.72. The summed E-state index contributed by atoms with van der Waals surface area (Å²) in [5.74, 6) is 0.465. The van der Waals surface area contributed by atoms with Crippen LogP contribution in [0.5, 0.6) is 0 Å². The molecule has 2 saturated heterocycles. The molecule has 6 nitrogen and oxygen atoms in total. The smallest absolute Gasteiger partial charge is 0.223 e. The monoisotopic (exact) mass is 343 g/mol. The highest BCUT2D eigenvalue weighted by Crippen LogP contribution is 2.38. The fourth-order valence-electron chi connectivity index (χ4n) is 4.23. The molecule has 2 heterocycles. The lowest BCUT2D eigenvalue weighted by molar-refractivity contribution is -0.132. The van der Waals surface area contributed by atoms with Crippen molar-refractivity contribution in [2.75, 3.05) is 51.6 Å². The number of hydrogen-bond acceptors (Lipinski definition) is 5. The average Bonchev–Trinajstić information content (AvgIpc) is 2.57. The summed E-state index contributed by atoms with van der Waals surface area (Å²) in [6.07, 6.45) is 5.31. The lowest BCUT2D eigenvalue weighted by Crippen LogP contribution is -2.57. The van der Waals surface area contributed by atoms with Gasteiger partial charge < -0.3 is 15.1 Å². The standard InChI is InChI=1S/C16H29N3O3S/c20-15(19-10-7-17-8-11-19)4-9-18-12-13-23(21,22)16(14-18)5-2-1-3-6-16/h17H,1-14H2. The van der Waals surface area contributed by atoms with Gasteiger partial charge in [0, 0.05) is 52.2 Å². The Hall–Kier alpha value is -0.660. The summed E-state index contributed by atoms with van der Waals surface area (Å²) in [7, 11) is -2.98. The highest BCUT2D eigenvalue weighted by Gasteiger charge is 2.47. The van der Waals surface area contributed by atoms with Crippen LogP contribution in [0.25, 0.3) is 0 Å². The van der Waals surface area contributed by atoms with Gasteiger partial charge >= 0.3 is 0 Å². The molecular weight excluding hydrogens is 314 g/mol. The first-order chi connectivity index (χ1) is 11.0. The van der Waals surface area contributed by atoms with Gasteiger partial charge in [-0.25, -0.2) is 8.42 Å². The molecule has 2 aliphatic heterocycles. The number of hydrogen-bond donors (Lipinski definition) is 1. The predicted molar refractivity (Wildman–Crippen MR) is 90.1 cm³/mol. The zero-order valence-corrected chi connectivity index (χ0v) is 14.7. The summed E-state index contributed by atoms with van der Waals surface area (Å²) < 4.78 is 24.6. The number of carbonyl (C=O) groups is 1. The number of rotatable bonds is 3. The van der Waals surface area contributed by atoms with Crippen molar-refractivity contribution in [3.8, 4) is 0 Å². The van der Waals surface area contributed by atoms with Gasteiger partial charge in [0.05, 0.1) is 10.5 Å². The molecule has 1 aliphatic carbocycles. The molecule has 0 aromatic rings. The second kappa shape index (κ2) is 7.07. The summed E-state index contributed by atoms with van der Waals surface area (Å²) in [6.45, 7) is 5.23. The van der Waals surface area contributed by atoms with Gasteiger partial charge in [-0.2, -0.15) is 0 Å². The van der Waals surface area contributed by atoms with Gasteiger partial charge in [0.2, 0.25) is 5.91 Å². The maximum atomic E-state index is 12.6.